The van der Waals surface area contributed by atoms with Crippen LogP contribution in [0.1, 0.15) is 26.3 Å². The quantitative estimate of drug-likeness (QED) is 0.779. The van der Waals surface area contributed by atoms with Gasteiger partial charge < -0.3 is 5.32 Å². The van der Waals surface area contributed by atoms with Crippen molar-refractivity contribution in [2.24, 2.45) is 0 Å². The van der Waals surface area contributed by atoms with E-state index in [1.54, 1.807) is 12.1 Å². The van der Waals surface area contributed by atoms with Crippen LogP contribution in [0, 0.1) is 5.82 Å². The summed E-state index contributed by atoms with van der Waals surface area (Å²) in [6, 6.07) is 6.82. The molecule has 0 aliphatic rings. The van der Waals surface area contributed by atoms with Gasteiger partial charge in [-0.15, -0.1) is 0 Å². The highest BCUT2D eigenvalue weighted by molar-refractivity contribution is 5.24. The Balaban J connectivity index is 2.80. The molecule has 0 unspecified atom stereocenters. The molecule has 1 aromatic rings. The largest absolute Gasteiger partial charge is 0.316 e. The van der Waals surface area contributed by atoms with Crippen LogP contribution < -0.4 is 5.32 Å². The van der Waals surface area contributed by atoms with Crippen molar-refractivity contribution in [2.45, 2.75) is 26.2 Å². The van der Waals surface area contributed by atoms with Gasteiger partial charge in [0.15, 0.2) is 0 Å². The van der Waals surface area contributed by atoms with Crippen LogP contribution in [0.15, 0.2) is 24.3 Å². The average Bonchev–Trinajstić information content (AvgIpc) is 2.15. The number of benzene rings is 1. The van der Waals surface area contributed by atoms with Gasteiger partial charge in [0, 0.05) is 12.0 Å². The highest BCUT2D eigenvalue weighted by Gasteiger charge is 2.19. The summed E-state index contributed by atoms with van der Waals surface area (Å²) in [5.74, 6) is -0.160. The van der Waals surface area contributed by atoms with Gasteiger partial charge in [0.25, 0.3) is 0 Å². The Morgan fingerprint density at radius 1 is 1.36 bits per heavy atom. The molecule has 0 saturated carbocycles. The Labute approximate surface area is 85.3 Å². The predicted octanol–water partition coefficient (Wildman–Crippen LogP) is 2.71. The molecule has 14 heavy (non-hydrogen) atoms. The van der Waals surface area contributed by atoms with E-state index in [1.165, 1.54) is 6.07 Å². The zero-order valence-electron chi connectivity index (χ0n) is 9.10. The van der Waals surface area contributed by atoms with Gasteiger partial charge in [-0.2, -0.15) is 0 Å². The van der Waals surface area contributed by atoms with Crippen molar-refractivity contribution >= 4 is 0 Å². The number of hydrogen-bond acceptors (Lipinski definition) is 1. The van der Waals surface area contributed by atoms with Crippen LogP contribution in [0.3, 0.4) is 0 Å². The van der Waals surface area contributed by atoms with E-state index in [0.717, 1.165) is 18.7 Å². The fraction of sp³-hybridized carbons (Fsp3) is 0.500. The first kappa shape index (κ1) is 11.2. The van der Waals surface area contributed by atoms with Crippen molar-refractivity contribution in [1.82, 2.24) is 5.32 Å². The molecular weight excluding hydrogens is 177 g/mol. The number of likely N-dealkylation sites (N-methyl/N-ethyl adjacent to an activating group) is 1. The summed E-state index contributed by atoms with van der Waals surface area (Å²) >= 11 is 0. The summed E-state index contributed by atoms with van der Waals surface area (Å²) in [4.78, 5) is 0. The molecule has 0 aliphatic heterocycles. The number of nitrogens with one attached hydrogen (secondary N) is 1. The van der Waals surface area contributed by atoms with Gasteiger partial charge >= 0.3 is 0 Å². The van der Waals surface area contributed by atoms with Crippen LogP contribution in [0.25, 0.3) is 0 Å². The minimum Gasteiger partial charge on any atom is -0.316 e. The van der Waals surface area contributed by atoms with E-state index in [9.17, 15) is 4.39 Å². The lowest BCUT2D eigenvalue weighted by atomic mass is 9.84. The highest BCUT2D eigenvalue weighted by Crippen LogP contribution is 2.22. The predicted molar refractivity (Wildman–Crippen MR) is 58.0 cm³/mol. The maximum Gasteiger partial charge on any atom is 0.123 e. The zero-order valence-corrected chi connectivity index (χ0v) is 9.10. The minimum absolute atomic E-state index is 0.0158. The van der Waals surface area contributed by atoms with Gasteiger partial charge in [-0.3, -0.25) is 0 Å². The molecule has 0 atom stereocenters. The van der Waals surface area contributed by atoms with Crippen LogP contribution >= 0.6 is 0 Å². The third-order valence-corrected chi connectivity index (χ3v) is 2.42. The normalized spacial score (nSPS) is 11.7. The Morgan fingerprint density at radius 2 is 2.07 bits per heavy atom. The highest BCUT2D eigenvalue weighted by atomic mass is 19.1. The average molecular weight is 195 g/mol. The zero-order chi connectivity index (χ0) is 10.6. The van der Waals surface area contributed by atoms with Gasteiger partial charge in [-0.05, 0) is 24.2 Å². The van der Waals surface area contributed by atoms with Gasteiger partial charge in [0.05, 0.1) is 0 Å². The van der Waals surface area contributed by atoms with E-state index in [1.807, 2.05) is 6.07 Å². The fourth-order valence-electron chi connectivity index (χ4n) is 1.45. The monoisotopic (exact) mass is 195 g/mol. The van der Waals surface area contributed by atoms with Gasteiger partial charge in [0.1, 0.15) is 5.82 Å². The number of rotatable bonds is 4. The fourth-order valence-corrected chi connectivity index (χ4v) is 1.45. The molecule has 0 spiro atoms. The van der Waals surface area contributed by atoms with E-state index in [2.05, 4.69) is 26.1 Å². The molecule has 0 saturated heterocycles. The molecule has 1 nitrogen and oxygen atoms in total. The summed E-state index contributed by atoms with van der Waals surface area (Å²) in [5, 5.41) is 3.28. The second kappa shape index (κ2) is 4.56. The Morgan fingerprint density at radius 3 is 2.64 bits per heavy atom. The van der Waals surface area contributed by atoms with Gasteiger partial charge in [-0.1, -0.05) is 32.9 Å². The second-order valence-electron chi connectivity index (χ2n) is 4.17. The van der Waals surface area contributed by atoms with Crippen LogP contribution in [0.2, 0.25) is 0 Å². The van der Waals surface area contributed by atoms with E-state index in [0.29, 0.717) is 0 Å². The molecule has 1 N–H and O–H groups in total. The SMILES string of the molecule is CCNCC(C)(C)c1cccc(F)c1. The summed E-state index contributed by atoms with van der Waals surface area (Å²) in [6.45, 7) is 8.11. The molecule has 0 bridgehead atoms. The molecule has 0 fully saturated rings. The van der Waals surface area contributed by atoms with Crippen molar-refractivity contribution in [3.63, 3.8) is 0 Å². The van der Waals surface area contributed by atoms with E-state index in [4.69, 9.17) is 0 Å². The molecule has 0 aromatic heterocycles. The van der Waals surface area contributed by atoms with E-state index >= 15 is 0 Å². The van der Waals surface area contributed by atoms with E-state index in [-0.39, 0.29) is 11.2 Å². The third kappa shape index (κ3) is 2.81. The van der Waals surface area contributed by atoms with Crippen molar-refractivity contribution in [2.75, 3.05) is 13.1 Å². The van der Waals surface area contributed by atoms with E-state index < -0.39 is 0 Å². The summed E-state index contributed by atoms with van der Waals surface area (Å²) in [5.41, 5.74) is 1.02. The third-order valence-electron chi connectivity index (χ3n) is 2.42. The summed E-state index contributed by atoms with van der Waals surface area (Å²) in [7, 11) is 0. The van der Waals surface area contributed by atoms with Crippen LogP contribution in [0.5, 0.6) is 0 Å². The summed E-state index contributed by atoms with van der Waals surface area (Å²) < 4.78 is 13.0. The molecule has 0 amide bonds. The Kier molecular flexibility index (Phi) is 3.64. The molecule has 78 valence electrons. The first-order valence-corrected chi connectivity index (χ1v) is 5.03. The minimum atomic E-state index is -0.160. The van der Waals surface area contributed by atoms with Crippen molar-refractivity contribution in [1.29, 1.82) is 0 Å². The maximum atomic E-state index is 13.0. The van der Waals surface area contributed by atoms with Gasteiger partial charge in [-0.25, -0.2) is 4.39 Å². The molecule has 1 aromatic carbocycles. The van der Waals surface area contributed by atoms with Crippen LogP contribution in [0.4, 0.5) is 4.39 Å². The summed E-state index contributed by atoms with van der Waals surface area (Å²) in [6.07, 6.45) is 0. The maximum absolute atomic E-state index is 13.0. The van der Waals surface area contributed by atoms with Crippen molar-refractivity contribution in [3.05, 3.63) is 35.6 Å². The Bertz CT molecular complexity index is 294. The van der Waals surface area contributed by atoms with Crippen LogP contribution in [-0.4, -0.2) is 13.1 Å². The smallest absolute Gasteiger partial charge is 0.123 e. The first-order valence-electron chi connectivity index (χ1n) is 5.03. The van der Waals surface area contributed by atoms with Crippen LogP contribution in [-0.2, 0) is 5.41 Å². The molecular formula is C12H18FN. The molecule has 0 heterocycles. The molecule has 1 rings (SSSR count). The Hall–Kier alpha value is -0.890. The standard InChI is InChI=1S/C12H18FN/c1-4-14-9-12(2,3)10-6-5-7-11(13)8-10/h5-8,14H,4,9H2,1-3H3. The van der Waals surface area contributed by atoms with Crippen molar-refractivity contribution < 1.29 is 4.39 Å². The lowest BCUT2D eigenvalue weighted by molar-refractivity contribution is 0.474. The number of halogens is 1. The molecule has 0 aliphatic carbocycles. The lowest BCUT2D eigenvalue weighted by Gasteiger charge is -2.25. The van der Waals surface area contributed by atoms with Gasteiger partial charge in [0.2, 0.25) is 0 Å². The topological polar surface area (TPSA) is 12.0 Å². The number of hydrogen-bond donors (Lipinski definition) is 1. The molecule has 2 heteroatoms. The molecule has 0 radical (unpaired) electrons. The first-order chi connectivity index (χ1) is 6.56. The van der Waals surface area contributed by atoms with Crippen molar-refractivity contribution in [3.8, 4) is 0 Å². The lowest BCUT2D eigenvalue weighted by Crippen LogP contribution is -2.32. The second-order valence-corrected chi connectivity index (χ2v) is 4.17.